The van der Waals surface area contributed by atoms with E-state index < -0.39 is 28.9 Å². The molecule has 0 fully saturated rings. The molecular formula is C17H14F6. The molecule has 0 aliphatic rings. The summed E-state index contributed by atoms with van der Waals surface area (Å²) in [7, 11) is 0. The SMILES string of the molecule is Cc1ccc(C)c(C(c2ccccc2)(C(F)(F)F)C(F)(F)F)c1. The number of hydrogen-bond acceptors (Lipinski definition) is 0. The number of rotatable bonds is 2. The maximum absolute atomic E-state index is 13.8. The van der Waals surface area contributed by atoms with Crippen LogP contribution in [0.5, 0.6) is 0 Å². The summed E-state index contributed by atoms with van der Waals surface area (Å²) in [6.45, 7) is 2.72. The Labute approximate surface area is 129 Å². The lowest BCUT2D eigenvalue weighted by atomic mass is 9.71. The van der Waals surface area contributed by atoms with Gasteiger partial charge in [-0.05, 0) is 30.5 Å². The van der Waals surface area contributed by atoms with E-state index in [4.69, 9.17) is 0 Å². The van der Waals surface area contributed by atoms with Gasteiger partial charge < -0.3 is 0 Å². The fraction of sp³-hybridized carbons (Fsp3) is 0.294. The van der Waals surface area contributed by atoms with Crippen LogP contribution in [0.25, 0.3) is 0 Å². The topological polar surface area (TPSA) is 0 Å². The lowest BCUT2D eigenvalue weighted by Crippen LogP contribution is -2.55. The summed E-state index contributed by atoms with van der Waals surface area (Å²) in [5, 5.41) is 0. The predicted molar refractivity (Wildman–Crippen MR) is 75.2 cm³/mol. The molecule has 0 saturated carbocycles. The molecule has 0 aliphatic heterocycles. The molecular weight excluding hydrogens is 318 g/mol. The van der Waals surface area contributed by atoms with Gasteiger partial charge in [-0.15, -0.1) is 0 Å². The minimum atomic E-state index is -5.54. The minimum Gasteiger partial charge on any atom is -0.169 e. The molecule has 0 aliphatic carbocycles. The van der Waals surface area contributed by atoms with Crippen LogP contribution >= 0.6 is 0 Å². The Morgan fingerprint density at radius 2 is 1.22 bits per heavy atom. The molecule has 124 valence electrons. The molecule has 2 rings (SSSR count). The van der Waals surface area contributed by atoms with Crippen LogP contribution in [-0.2, 0) is 5.41 Å². The summed E-state index contributed by atoms with van der Waals surface area (Å²) < 4.78 is 83.0. The van der Waals surface area contributed by atoms with E-state index >= 15 is 0 Å². The van der Waals surface area contributed by atoms with Crippen molar-refractivity contribution < 1.29 is 26.3 Å². The Morgan fingerprint density at radius 1 is 0.696 bits per heavy atom. The van der Waals surface area contributed by atoms with E-state index in [9.17, 15) is 26.3 Å². The van der Waals surface area contributed by atoms with Gasteiger partial charge in [-0.3, -0.25) is 0 Å². The second-order valence-corrected chi connectivity index (χ2v) is 5.43. The van der Waals surface area contributed by atoms with Crippen LogP contribution in [0.2, 0.25) is 0 Å². The van der Waals surface area contributed by atoms with E-state index in [0.717, 1.165) is 18.2 Å². The highest BCUT2D eigenvalue weighted by Crippen LogP contribution is 2.56. The highest BCUT2D eigenvalue weighted by molar-refractivity contribution is 5.48. The zero-order valence-electron chi connectivity index (χ0n) is 12.4. The second kappa shape index (κ2) is 5.58. The Balaban J connectivity index is 2.98. The first-order valence-corrected chi connectivity index (χ1v) is 6.78. The Kier molecular flexibility index (Phi) is 4.22. The number of alkyl halides is 6. The van der Waals surface area contributed by atoms with E-state index in [1.807, 2.05) is 0 Å². The van der Waals surface area contributed by atoms with Crippen LogP contribution < -0.4 is 0 Å². The van der Waals surface area contributed by atoms with Crippen molar-refractivity contribution in [2.45, 2.75) is 31.6 Å². The van der Waals surface area contributed by atoms with E-state index in [2.05, 4.69) is 0 Å². The Morgan fingerprint density at radius 3 is 1.70 bits per heavy atom. The lowest BCUT2D eigenvalue weighted by Gasteiger charge is -2.39. The van der Waals surface area contributed by atoms with Crippen molar-refractivity contribution in [2.24, 2.45) is 0 Å². The van der Waals surface area contributed by atoms with E-state index in [1.165, 1.54) is 44.2 Å². The largest absolute Gasteiger partial charge is 0.411 e. The fourth-order valence-corrected chi connectivity index (χ4v) is 2.78. The number of benzene rings is 2. The first-order valence-electron chi connectivity index (χ1n) is 6.78. The van der Waals surface area contributed by atoms with Crippen molar-refractivity contribution in [2.75, 3.05) is 0 Å². The molecule has 6 heteroatoms. The van der Waals surface area contributed by atoms with Crippen molar-refractivity contribution in [3.05, 3.63) is 70.8 Å². The summed E-state index contributed by atoms with van der Waals surface area (Å²) in [4.78, 5) is 0. The third-order valence-corrected chi connectivity index (χ3v) is 3.85. The fourth-order valence-electron chi connectivity index (χ4n) is 2.78. The molecule has 2 aromatic rings. The second-order valence-electron chi connectivity index (χ2n) is 5.43. The Hall–Kier alpha value is -1.98. The van der Waals surface area contributed by atoms with Crippen LogP contribution in [-0.4, -0.2) is 12.4 Å². The first-order chi connectivity index (χ1) is 10.5. The lowest BCUT2D eigenvalue weighted by molar-refractivity contribution is -0.288. The van der Waals surface area contributed by atoms with Crippen molar-refractivity contribution in [3.8, 4) is 0 Å². The first kappa shape index (κ1) is 17.4. The molecule has 0 heterocycles. The van der Waals surface area contributed by atoms with Crippen molar-refractivity contribution in [1.29, 1.82) is 0 Å². The molecule has 0 N–H and O–H groups in total. The number of halogens is 6. The average molecular weight is 332 g/mol. The summed E-state index contributed by atoms with van der Waals surface area (Å²) >= 11 is 0. The molecule has 0 unspecified atom stereocenters. The van der Waals surface area contributed by atoms with Gasteiger partial charge in [0.05, 0.1) is 0 Å². The molecule has 23 heavy (non-hydrogen) atoms. The Bertz CT molecular complexity index is 668. The third-order valence-electron chi connectivity index (χ3n) is 3.85. The van der Waals surface area contributed by atoms with Crippen LogP contribution in [0.1, 0.15) is 22.3 Å². The average Bonchev–Trinajstić information content (AvgIpc) is 2.41. The van der Waals surface area contributed by atoms with Crippen LogP contribution in [0.15, 0.2) is 48.5 Å². The summed E-state index contributed by atoms with van der Waals surface area (Å²) in [5.74, 6) is 0. The normalized spacial score (nSPS) is 13.2. The van der Waals surface area contributed by atoms with Crippen LogP contribution in [0, 0.1) is 13.8 Å². The summed E-state index contributed by atoms with van der Waals surface area (Å²) in [5.41, 5.74) is -5.41. The molecule has 0 bridgehead atoms. The molecule has 0 nitrogen and oxygen atoms in total. The quantitative estimate of drug-likeness (QED) is 0.618. The zero-order valence-corrected chi connectivity index (χ0v) is 12.4. The number of aryl methyl sites for hydroxylation is 2. The van der Waals surface area contributed by atoms with Gasteiger partial charge >= 0.3 is 12.4 Å². The van der Waals surface area contributed by atoms with Gasteiger partial charge in [-0.2, -0.15) is 26.3 Å². The maximum Gasteiger partial charge on any atom is 0.411 e. The highest BCUT2D eigenvalue weighted by Gasteiger charge is 2.72. The van der Waals surface area contributed by atoms with E-state index in [1.54, 1.807) is 0 Å². The zero-order chi connectivity index (χ0) is 17.5. The highest BCUT2D eigenvalue weighted by atomic mass is 19.4. The molecule has 0 aromatic heterocycles. The van der Waals surface area contributed by atoms with Gasteiger partial charge in [0.2, 0.25) is 5.41 Å². The van der Waals surface area contributed by atoms with Gasteiger partial charge in [0, 0.05) is 0 Å². The van der Waals surface area contributed by atoms with Crippen molar-refractivity contribution >= 4 is 0 Å². The third kappa shape index (κ3) is 2.71. The standard InChI is InChI=1S/C17H14F6/c1-11-8-9-12(2)14(10-11)15(16(18,19)20,17(21,22)23)13-6-4-3-5-7-13/h3-10H,1-2H3. The van der Waals surface area contributed by atoms with Gasteiger partial charge in [-0.1, -0.05) is 54.1 Å². The molecule has 0 radical (unpaired) electrons. The van der Waals surface area contributed by atoms with Gasteiger partial charge in [0.1, 0.15) is 0 Å². The summed E-state index contributed by atoms with van der Waals surface area (Å²) in [6.07, 6.45) is -11.1. The van der Waals surface area contributed by atoms with Crippen molar-refractivity contribution in [3.63, 3.8) is 0 Å². The molecule has 0 atom stereocenters. The predicted octanol–water partition coefficient (Wildman–Crippen LogP) is 5.71. The van der Waals surface area contributed by atoms with Crippen LogP contribution in [0.4, 0.5) is 26.3 Å². The van der Waals surface area contributed by atoms with Gasteiger partial charge in [0.25, 0.3) is 0 Å². The maximum atomic E-state index is 13.8. The smallest absolute Gasteiger partial charge is 0.169 e. The number of hydrogen-bond donors (Lipinski definition) is 0. The molecule has 0 amide bonds. The van der Waals surface area contributed by atoms with E-state index in [0.29, 0.717) is 5.56 Å². The minimum absolute atomic E-state index is 0.0610. The molecule has 2 aromatic carbocycles. The van der Waals surface area contributed by atoms with Crippen LogP contribution in [0.3, 0.4) is 0 Å². The van der Waals surface area contributed by atoms with Gasteiger partial charge in [0.15, 0.2) is 0 Å². The summed E-state index contributed by atoms with van der Waals surface area (Å²) in [6, 6.07) is 9.18. The van der Waals surface area contributed by atoms with Gasteiger partial charge in [-0.25, -0.2) is 0 Å². The van der Waals surface area contributed by atoms with E-state index in [-0.39, 0.29) is 5.56 Å². The molecule has 0 spiro atoms. The molecule has 0 saturated heterocycles. The van der Waals surface area contributed by atoms with Crippen molar-refractivity contribution in [1.82, 2.24) is 0 Å². The monoisotopic (exact) mass is 332 g/mol.